The minimum absolute atomic E-state index is 0.0561. The molecule has 2 N–H and O–H groups in total. The van der Waals surface area contributed by atoms with Gasteiger partial charge in [-0.05, 0) is 12.1 Å². The van der Waals surface area contributed by atoms with Gasteiger partial charge >= 0.3 is 0 Å². The molecule has 0 aromatic carbocycles. The minimum Gasteiger partial charge on any atom is -0.357 e. The van der Waals surface area contributed by atoms with Crippen LogP contribution < -0.4 is 5.43 Å². The van der Waals surface area contributed by atoms with Crippen LogP contribution in [-0.2, 0) is 9.59 Å². The molecule has 0 spiro atoms. The predicted molar refractivity (Wildman–Crippen MR) is 78.1 cm³/mol. The van der Waals surface area contributed by atoms with E-state index in [0.717, 1.165) is 0 Å². The van der Waals surface area contributed by atoms with Gasteiger partial charge in [0.1, 0.15) is 11.4 Å². The van der Waals surface area contributed by atoms with Crippen LogP contribution >= 0.6 is 0 Å². The first-order valence-corrected chi connectivity index (χ1v) is 7.22. The Kier molecular flexibility index (Phi) is 3.90. The molecular weight excluding hydrogens is 286 g/mol. The van der Waals surface area contributed by atoms with E-state index >= 15 is 0 Å². The molecule has 2 aliphatic rings. The van der Waals surface area contributed by atoms with Gasteiger partial charge in [-0.3, -0.25) is 14.4 Å². The molecule has 116 valence electrons. The lowest BCUT2D eigenvalue weighted by molar-refractivity contribution is -0.126. The fraction of sp³-hybridized carbons (Fsp3) is 0.429. The number of carbonyl (C=O) groups excluding carboxylic acids is 3. The molecule has 8 heteroatoms. The number of hydrogen-bond donors (Lipinski definition) is 2. The van der Waals surface area contributed by atoms with Crippen LogP contribution in [-0.4, -0.2) is 64.4 Å². The summed E-state index contributed by atoms with van der Waals surface area (Å²) in [5.74, 6) is -0.385. The van der Waals surface area contributed by atoms with Crippen molar-refractivity contribution in [3.8, 4) is 0 Å². The number of carbonyl (C=O) groups is 3. The van der Waals surface area contributed by atoms with Crippen LogP contribution in [0.2, 0.25) is 0 Å². The Morgan fingerprint density at radius 1 is 1.05 bits per heavy atom. The molecule has 0 unspecified atom stereocenters. The second-order valence-electron chi connectivity index (χ2n) is 5.26. The first kappa shape index (κ1) is 14.3. The second kappa shape index (κ2) is 6.00. The monoisotopic (exact) mass is 303 g/mol. The van der Waals surface area contributed by atoms with Crippen LogP contribution in [0.15, 0.2) is 23.4 Å². The third-order valence-electron chi connectivity index (χ3n) is 3.83. The van der Waals surface area contributed by atoms with E-state index in [1.807, 2.05) is 0 Å². The molecule has 3 heterocycles. The maximum atomic E-state index is 12.3. The molecule has 1 fully saturated rings. The third kappa shape index (κ3) is 2.85. The van der Waals surface area contributed by atoms with Crippen molar-refractivity contribution in [3.63, 3.8) is 0 Å². The number of hydrazone groups is 1. The summed E-state index contributed by atoms with van der Waals surface area (Å²) in [6, 6.07) is 3.52. The van der Waals surface area contributed by atoms with Crippen molar-refractivity contribution < 1.29 is 14.4 Å². The van der Waals surface area contributed by atoms with E-state index in [4.69, 9.17) is 0 Å². The van der Waals surface area contributed by atoms with Gasteiger partial charge in [-0.2, -0.15) is 5.10 Å². The lowest BCUT2D eigenvalue weighted by atomic mass is 10.1. The van der Waals surface area contributed by atoms with Crippen LogP contribution in [0.5, 0.6) is 0 Å². The normalized spacial score (nSPS) is 18.7. The van der Waals surface area contributed by atoms with Crippen LogP contribution in [0.25, 0.3) is 0 Å². The van der Waals surface area contributed by atoms with E-state index in [9.17, 15) is 14.4 Å². The summed E-state index contributed by atoms with van der Waals surface area (Å²) in [6.45, 7) is 1.92. The molecule has 0 saturated carbocycles. The van der Waals surface area contributed by atoms with E-state index in [2.05, 4.69) is 15.5 Å². The standard InChI is InChI=1S/C14H17N5O3/c20-12-4-3-11(16-17-12)14(22)19-8-6-18(7-9-19)13(21)10-2-1-5-15-10/h1-2,5,15H,3-4,6-9H2,(H,17,20). The number of amides is 3. The molecule has 0 bridgehead atoms. The first-order chi connectivity index (χ1) is 10.6. The highest BCUT2D eigenvalue weighted by Gasteiger charge is 2.28. The van der Waals surface area contributed by atoms with Crippen LogP contribution in [0, 0.1) is 0 Å². The van der Waals surface area contributed by atoms with E-state index in [1.165, 1.54) is 0 Å². The van der Waals surface area contributed by atoms with Gasteiger partial charge in [0.05, 0.1) is 0 Å². The zero-order valence-electron chi connectivity index (χ0n) is 12.0. The largest absolute Gasteiger partial charge is 0.357 e. The molecular formula is C14H17N5O3. The van der Waals surface area contributed by atoms with Crippen LogP contribution in [0.4, 0.5) is 0 Å². The van der Waals surface area contributed by atoms with Gasteiger partial charge in [0.2, 0.25) is 5.91 Å². The molecule has 22 heavy (non-hydrogen) atoms. The number of aromatic nitrogens is 1. The summed E-state index contributed by atoms with van der Waals surface area (Å²) in [5, 5.41) is 3.82. The second-order valence-corrected chi connectivity index (χ2v) is 5.26. The molecule has 1 aromatic heterocycles. The zero-order chi connectivity index (χ0) is 15.5. The van der Waals surface area contributed by atoms with Gasteiger partial charge < -0.3 is 14.8 Å². The number of aromatic amines is 1. The number of piperazine rings is 1. The number of nitrogens with zero attached hydrogens (tertiary/aromatic N) is 3. The SMILES string of the molecule is O=C1CCC(C(=O)N2CCN(C(=O)c3ccc[nH]3)CC2)=NN1. The lowest BCUT2D eigenvalue weighted by Crippen LogP contribution is -2.52. The average Bonchev–Trinajstić information content (AvgIpc) is 3.09. The molecule has 2 aliphatic heterocycles. The van der Waals surface area contributed by atoms with E-state index in [0.29, 0.717) is 44.0 Å². The Balaban J connectivity index is 1.56. The Labute approximate surface area is 127 Å². The lowest BCUT2D eigenvalue weighted by Gasteiger charge is -2.34. The smallest absolute Gasteiger partial charge is 0.270 e. The van der Waals surface area contributed by atoms with Crippen LogP contribution in [0.3, 0.4) is 0 Å². The quantitative estimate of drug-likeness (QED) is 0.775. The van der Waals surface area contributed by atoms with Crippen molar-refractivity contribution >= 4 is 23.4 Å². The number of H-pyrrole nitrogens is 1. The van der Waals surface area contributed by atoms with Gasteiger partial charge in [-0.15, -0.1) is 0 Å². The Morgan fingerprint density at radius 3 is 2.27 bits per heavy atom. The summed E-state index contributed by atoms with van der Waals surface area (Å²) >= 11 is 0. The van der Waals surface area contributed by atoms with Gasteiger partial charge in [0, 0.05) is 45.2 Å². The molecule has 8 nitrogen and oxygen atoms in total. The molecule has 3 amide bonds. The summed E-state index contributed by atoms with van der Waals surface area (Å²) in [5.41, 5.74) is 3.26. The average molecular weight is 303 g/mol. The maximum absolute atomic E-state index is 12.3. The summed E-state index contributed by atoms with van der Waals surface area (Å²) < 4.78 is 0. The zero-order valence-corrected chi connectivity index (χ0v) is 12.0. The van der Waals surface area contributed by atoms with Crippen molar-refractivity contribution in [2.45, 2.75) is 12.8 Å². The Hall–Kier alpha value is -2.64. The number of nitrogens with one attached hydrogen (secondary N) is 2. The van der Waals surface area contributed by atoms with Crippen molar-refractivity contribution in [1.29, 1.82) is 0 Å². The number of rotatable bonds is 2. The van der Waals surface area contributed by atoms with Crippen molar-refractivity contribution in [2.75, 3.05) is 26.2 Å². The van der Waals surface area contributed by atoms with Gasteiger partial charge in [0.15, 0.2) is 0 Å². The van der Waals surface area contributed by atoms with Crippen LogP contribution in [0.1, 0.15) is 23.3 Å². The van der Waals surface area contributed by atoms with Crippen molar-refractivity contribution in [1.82, 2.24) is 20.2 Å². The molecule has 3 rings (SSSR count). The van der Waals surface area contributed by atoms with E-state index in [-0.39, 0.29) is 24.1 Å². The van der Waals surface area contributed by atoms with Gasteiger partial charge in [-0.25, -0.2) is 5.43 Å². The fourth-order valence-corrected chi connectivity index (χ4v) is 2.56. The molecule has 0 radical (unpaired) electrons. The fourth-order valence-electron chi connectivity index (χ4n) is 2.56. The summed E-state index contributed by atoms with van der Waals surface area (Å²) in [6.07, 6.45) is 2.37. The molecule has 1 saturated heterocycles. The third-order valence-corrected chi connectivity index (χ3v) is 3.83. The van der Waals surface area contributed by atoms with Crippen molar-refractivity contribution in [2.24, 2.45) is 5.10 Å². The highest BCUT2D eigenvalue weighted by Crippen LogP contribution is 2.10. The Bertz CT molecular complexity index is 614. The first-order valence-electron chi connectivity index (χ1n) is 7.22. The maximum Gasteiger partial charge on any atom is 0.270 e. The topological polar surface area (TPSA) is 97.9 Å². The predicted octanol–water partition coefficient (Wildman–Crippen LogP) is -0.435. The minimum atomic E-state index is -0.169. The molecule has 0 atom stereocenters. The summed E-state index contributed by atoms with van der Waals surface area (Å²) in [7, 11) is 0. The van der Waals surface area contributed by atoms with Gasteiger partial charge in [0.25, 0.3) is 11.8 Å². The van der Waals surface area contributed by atoms with E-state index in [1.54, 1.807) is 28.1 Å². The van der Waals surface area contributed by atoms with Gasteiger partial charge in [-0.1, -0.05) is 0 Å². The highest BCUT2D eigenvalue weighted by molar-refractivity contribution is 6.39. The Morgan fingerprint density at radius 2 is 1.73 bits per heavy atom. The highest BCUT2D eigenvalue weighted by atomic mass is 16.2. The number of hydrogen-bond acceptors (Lipinski definition) is 4. The van der Waals surface area contributed by atoms with E-state index < -0.39 is 0 Å². The summed E-state index contributed by atoms with van der Waals surface area (Å²) in [4.78, 5) is 41.8. The van der Waals surface area contributed by atoms with Crippen molar-refractivity contribution in [3.05, 3.63) is 24.0 Å². The molecule has 1 aromatic rings. The molecule has 0 aliphatic carbocycles.